The van der Waals surface area contributed by atoms with E-state index in [4.69, 9.17) is 11.5 Å². The first-order valence-corrected chi connectivity index (χ1v) is 6.63. The van der Waals surface area contributed by atoms with Crippen molar-refractivity contribution < 1.29 is 23.9 Å². The Morgan fingerprint density at radius 1 is 1.14 bits per heavy atom. The number of carbonyl (C=O) groups excluding carboxylic acids is 3. The first kappa shape index (κ1) is 17.8. The largest absolute Gasteiger partial charge is 0.468 e. The van der Waals surface area contributed by atoms with Crippen LogP contribution in [0.4, 0.5) is 0 Å². The van der Waals surface area contributed by atoms with Gasteiger partial charge in [-0.15, -0.1) is 0 Å². The summed E-state index contributed by atoms with van der Waals surface area (Å²) >= 11 is 0. The van der Waals surface area contributed by atoms with Gasteiger partial charge in [0.2, 0.25) is 0 Å². The number of Topliss-reactive ketones (excluding diaryl/α,β-unsaturated/α-hetero) is 1. The molecule has 7 nitrogen and oxygen atoms in total. The summed E-state index contributed by atoms with van der Waals surface area (Å²) in [6.07, 6.45) is -0.460. The Labute approximate surface area is 128 Å². The van der Waals surface area contributed by atoms with Crippen molar-refractivity contribution >= 4 is 17.7 Å². The summed E-state index contributed by atoms with van der Waals surface area (Å²) in [5, 5.41) is 0. The normalized spacial score (nSPS) is 14.5. The highest BCUT2D eigenvalue weighted by Gasteiger charge is 2.44. The standard InChI is InChI=1S/C15H20N2O5/c1-21-13(19)11(16)8-12(18)15(17,14(20)22-2)9-10-6-4-3-5-7-10/h3-7,11H,8-9,16-17H2,1-2H3/t11-,15+/m0/s1. The molecule has 0 saturated heterocycles. The van der Waals surface area contributed by atoms with Gasteiger partial charge in [0.15, 0.2) is 11.3 Å². The number of methoxy groups -OCH3 is 2. The number of nitrogens with two attached hydrogens (primary N) is 2. The molecule has 0 radical (unpaired) electrons. The molecule has 22 heavy (non-hydrogen) atoms. The predicted octanol–water partition coefficient (Wildman–Crippen LogP) is -0.441. The fraction of sp³-hybridized carbons (Fsp3) is 0.400. The summed E-state index contributed by atoms with van der Waals surface area (Å²) in [5.74, 6) is -2.31. The second-order valence-electron chi connectivity index (χ2n) is 4.88. The van der Waals surface area contributed by atoms with Crippen molar-refractivity contribution in [3.05, 3.63) is 35.9 Å². The van der Waals surface area contributed by atoms with Crippen molar-refractivity contribution in [1.82, 2.24) is 0 Å². The molecule has 1 rings (SSSR count). The Morgan fingerprint density at radius 2 is 1.73 bits per heavy atom. The summed E-state index contributed by atoms with van der Waals surface area (Å²) in [6, 6.07) is 7.61. The zero-order chi connectivity index (χ0) is 16.8. The van der Waals surface area contributed by atoms with Crippen LogP contribution in [0.1, 0.15) is 12.0 Å². The van der Waals surface area contributed by atoms with Crippen molar-refractivity contribution in [2.75, 3.05) is 14.2 Å². The van der Waals surface area contributed by atoms with Crippen LogP contribution in [0.3, 0.4) is 0 Å². The molecule has 0 aromatic heterocycles. The Bertz CT molecular complexity index is 546. The second kappa shape index (κ2) is 7.67. The predicted molar refractivity (Wildman–Crippen MR) is 78.7 cm³/mol. The lowest BCUT2D eigenvalue weighted by molar-refractivity contribution is -0.153. The first-order valence-electron chi connectivity index (χ1n) is 6.63. The van der Waals surface area contributed by atoms with Gasteiger partial charge in [0.25, 0.3) is 0 Å². The van der Waals surface area contributed by atoms with E-state index in [1.54, 1.807) is 30.3 Å². The number of esters is 2. The molecule has 1 aromatic rings. The van der Waals surface area contributed by atoms with Gasteiger partial charge in [0.1, 0.15) is 6.04 Å². The fourth-order valence-electron chi connectivity index (χ4n) is 2.00. The van der Waals surface area contributed by atoms with Crippen molar-refractivity contribution in [1.29, 1.82) is 0 Å². The van der Waals surface area contributed by atoms with Crippen LogP contribution in [-0.2, 0) is 30.3 Å². The van der Waals surface area contributed by atoms with Crippen LogP contribution in [0.25, 0.3) is 0 Å². The molecule has 0 bridgehead atoms. The highest BCUT2D eigenvalue weighted by molar-refractivity contribution is 6.09. The van der Waals surface area contributed by atoms with Gasteiger partial charge in [-0.05, 0) is 5.56 Å². The lowest BCUT2D eigenvalue weighted by Crippen LogP contribution is -2.58. The zero-order valence-corrected chi connectivity index (χ0v) is 12.6. The first-order chi connectivity index (χ1) is 10.3. The van der Waals surface area contributed by atoms with Gasteiger partial charge in [-0.1, -0.05) is 30.3 Å². The molecule has 7 heteroatoms. The number of hydrogen-bond acceptors (Lipinski definition) is 7. The van der Waals surface area contributed by atoms with Crippen LogP contribution < -0.4 is 11.5 Å². The number of hydrogen-bond donors (Lipinski definition) is 2. The average Bonchev–Trinajstić information content (AvgIpc) is 2.53. The Kier molecular flexibility index (Phi) is 6.21. The van der Waals surface area contributed by atoms with Crippen LogP contribution in [0, 0.1) is 0 Å². The average molecular weight is 308 g/mol. The van der Waals surface area contributed by atoms with Crippen molar-refractivity contribution in [3.63, 3.8) is 0 Å². The molecule has 2 atom stereocenters. The number of ether oxygens (including phenoxy) is 2. The number of carbonyl (C=O) groups is 3. The molecule has 0 fully saturated rings. The molecule has 0 aliphatic rings. The highest BCUT2D eigenvalue weighted by Crippen LogP contribution is 2.17. The quantitative estimate of drug-likeness (QED) is 0.517. The molecule has 120 valence electrons. The fourth-order valence-corrected chi connectivity index (χ4v) is 2.00. The summed E-state index contributed by atoms with van der Waals surface area (Å²) in [5.41, 5.74) is 10.3. The van der Waals surface area contributed by atoms with Crippen LogP contribution in [-0.4, -0.2) is 43.5 Å². The summed E-state index contributed by atoms with van der Waals surface area (Å²) < 4.78 is 9.09. The van der Waals surface area contributed by atoms with E-state index >= 15 is 0 Å². The smallest absolute Gasteiger partial charge is 0.333 e. The van der Waals surface area contributed by atoms with Gasteiger partial charge in [-0.25, -0.2) is 4.79 Å². The number of benzene rings is 1. The van der Waals surface area contributed by atoms with E-state index in [9.17, 15) is 14.4 Å². The van der Waals surface area contributed by atoms with Crippen LogP contribution in [0.15, 0.2) is 30.3 Å². The van der Waals surface area contributed by atoms with Crippen molar-refractivity contribution in [3.8, 4) is 0 Å². The van der Waals surface area contributed by atoms with Gasteiger partial charge in [0.05, 0.1) is 14.2 Å². The summed E-state index contributed by atoms with van der Waals surface area (Å²) in [4.78, 5) is 35.7. The summed E-state index contributed by atoms with van der Waals surface area (Å²) in [7, 11) is 2.30. The van der Waals surface area contributed by atoms with Gasteiger partial charge in [-0.3, -0.25) is 9.59 Å². The third-order valence-corrected chi connectivity index (χ3v) is 3.28. The van der Waals surface area contributed by atoms with E-state index in [2.05, 4.69) is 9.47 Å². The molecule has 0 amide bonds. The molecule has 4 N–H and O–H groups in total. The summed E-state index contributed by atoms with van der Waals surface area (Å²) in [6.45, 7) is 0. The molecular weight excluding hydrogens is 288 g/mol. The van der Waals surface area contributed by atoms with E-state index < -0.39 is 35.7 Å². The number of rotatable bonds is 7. The lowest BCUT2D eigenvalue weighted by atomic mass is 9.85. The van der Waals surface area contributed by atoms with Gasteiger partial charge in [-0.2, -0.15) is 0 Å². The lowest BCUT2D eigenvalue weighted by Gasteiger charge is -2.26. The van der Waals surface area contributed by atoms with E-state index in [1.807, 2.05) is 0 Å². The molecule has 0 saturated carbocycles. The van der Waals surface area contributed by atoms with Gasteiger partial charge < -0.3 is 20.9 Å². The molecule has 1 aromatic carbocycles. The maximum absolute atomic E-state index is 12.4. The molecule has 0 unspecified atom stereocenters. The van der Waals surface area contributed by atoms with Crippen LogP contribution >= 0.6 is 0 Å². The van der Waals surface area contributed by atoms with Crippen molar-refractivity contribution in [2.24, 2.45) is 11.5 Å². The maximum atomic E-state index is 12.4. The second-order valence-corrected chi connectivity index (χ2v) is 4.88. The third kappa shape index (κ3) is 4.12. The minimum atomic E-state index is -1.90. The monoisotopic (exact) mass is 308 g/mol. The molecule has 0 heterocycles. The molecular formula is C15H20N2O5. The minimum absolute atomic E-state index is 0.0484. The van der Waals surface area contributed by atoms with E-state index in [1.165, 1.54) is 0 Å². The maximum Gasteiger partial charge on any atom is 0.333 e. The third-order valence-electron chi connectivity index (χ3n) is 3.28. The van der Waals surface area contributed by atoms with E-state index in [0.717, 1.165) is 14.2 Å². The van der Waals surface area contributed by atoms with Gasteiger partial charge >= 0.3 is 11.9 Å². The zero-order valence-electron chi connectivity index (χ0n) is 12.6. The molecule has 0 aliphatic heterocycles. The van der Waals surface area contributed by atoms with Crippen LogP contribution in [0.2, 0.25) is 0 Å². The Balaban J connectivity index is 2.98. The van der Waals surface area contributed by atoms with E-state index in [0.29, 0.717) is 5.56 Å². The molecule has 0 aliphatic carbocycles. The molecule has 0 spiro atoms. The number of ketones is 1. The SMILES string of the molecule is COC(=O)[C@@H](N)CC(=O)[C@](N)(Cc1ccccc1)C(=O)OC. The minimum Gasteiger partial charge on any atom is -0.468 e. The highest BCUT2D eigenvalue weighted by atomic mass is 16.5. The van der Waals surface area contributed by atoms with Crippen LogP contribution in [0.5, 0.6) is 0 Å². The van der Waals surface area contributed by atoms with Crippen molar-refractivity contribution in [2.45, 2.75) is 24.4 Å². The van der Waals surface area contributed by atoms with Gasteiger partial charge in [0, 0.05) is 12.8 Å². The van der Waals surface area contributed by atoms with E-state index in [-0.39, 0.29) is 6.42 Å². The topological polar surface area (TPSA) is 122 Å². The Hall–Kier alpha value is -2.25. The Morgan fingerprint density at radius 3 is 2.23 bits per heavy atom.